The van der Waals surface area contributed by atoms with Gasteiger partial charge in [-0.3, -0.25) is 0 Å². The molecule has 1 heterocycles. The van der Waals surface area contributed by atoms with Gasteiger partial charge in [0.05, 0.1) is 5.71 Å². The van der Waals surface area contributed by atoms with Crippen molar-refractivity contribution in [1.29, 1.82) is 0 Å². The maximum atomic E-state index is 5.71. The minimum absolute atomic E-state index is 0.175. The topological polar surface area (TPSA) is 60.5 Å². The van der Waals surface area contributed by atoms with Crippen molar-refractivity contribution in [3.63, 3.8) is 0 Å². The molecule has 6 heteroatoms. The fourth-order valence-corrected chi connectivity index (χ4v) is 3.64. The summed E-state index contributed by atoms with van der Waals surface area (Å²) in [4.78, 5) is 11.4. The van der Waals surface area contributed by atoms with E-state index in [1.807, 2.05) is 32.9 Å². The number of nitrogens with zero attached hydrogens (tertiary/aromatic N) is 3. The zero-order chi connectivity index (χ0) is 23.1. The van der Waals surface area contributed by atoms with Crippen molar-refractivity contribution in [3.8, 4) is 11.4 Å². The lowest BCUT2D eigenvalue weighted by molar-refractivity contribution is 0.187. The molecule has 0 saturated heterocycles. The van der Waals surface area contributed by atoms with Crippen molar-refractivity contribution < 1.29 is 9.36 Å². The third kappa shape index (κ3) is 6.10. The van der Waals surface area contributed by atoms with Gasteiger partial charge in [0.15, 0.2) is 0 Å². The summed E-state index contributed by atoms with van der Waals surface area (Å²) in [5.74, 6) is 2.34. The first-order chi connectivity index (χ1) is 15.4. The Bertz CT molecular complexity index is 1050. The highest BCUT2D eigenvalue weighted by atomic mass is 32.2. The molecule has 5 nitrogen and oxygen atoms in total. The van der Waals surface area contributed by atoms with Gasteiger partial charge < -0.3 is 9.36 Å². The van der Waals surface area contributed by atoms with Crippen LogP contribution in [0.4, 0.5) is 0 Å². The van der Waals surface area contributed by atoms with E-state index >= 15 is 0 Å². The molecule has 0 amide bonds. The number of aromatic nitrogens is 2. The van der Waals surface area contributed by atoms with Crippen LogP contribution < -0.4 is 0 Å². The van der Waals surface area contributed by atoms with Gasteiger partial charge in [0.1, 0.15) is 5.76 Å². The SMILES string of the molecule is C=C(O/N=C(\C)c1ccc(SC)cc1)C(CC)Cc1ccc(-c2noc(C(C)C)n2)cc1. The normalized spacial score (nSPS) is 12.8. The van der Waals surface area contributed by atoms with Gasteiger partial charge in [-0.1, -0.05) is 74.1 Å². The minimum Gasteiger partial charge on any atom is -0.362 e. The second-order valence-corrected chi connectivity index (χ2v) is 8.96. The lowest BCUT2D eigenvalue weighted by atomic mass is 9.95. The van der Waals surface area contributed by atoms with E-state index < -0.39 is 0 Å². The van der Waals surface area contributed by atoms with Crippen molar-refractivity contribution in [3.05, 3.63) is 77.9 Å². The average molecular weight is 450 g/mol. The van der Waals surface area contributed by atoms with Crippen LogP contribution in [0.25, 0.3) is 11.4 Å². The van der Waals surface area contributed by atoms with Gasteiger partial charge in [-0.2, -0.15) is 4.98 Å². The fraction of sp³-hybridized carbons (Fsp3) is 0.346. The molecule has 0 aliphatic rings. The molecule has 3 rings (SSSR count). The molecule has 1 atom stereocenters. The second kappa shape index (κ2) is 11.1. The maximum Gasteiger partial charge on any atom is 0.229 e. The standard InChI is InChI=1S/C26H31N3O2S/c1-7-21(19(5)30-28-18(4)22-12-14-24(32-6)15-13-22)16-20-8-10-23(11-9-20)25-27-26(17(2)3)31-29-25/h8-15,17,21H,5,7,16H2,1-4,6H3/b28-18+. The molecular formula is C26H31N3O2S. The second-order valence-electron chi connectivity index (χ2n) is 8.08. The largest absolute Gasteiger partial charge is 0.362 e. The number of hydrogen-bond acceptors (Lipinski definition) is 6. The van der Waals surface area contributed by atoms with E-state index in [1.165, 1.54) is 10.5 Å². The van der Waals surface area contributed by atoms with Crippen LogP contribution in [0.3, 0.4) is 0 Å². The molecule has 0 bridgehead atoms. The summed E-state index contributed by atoms with van der Waals surface area (Å²) in [6.45, 7) is 12.3. The van der Waals surface area contributed by atoms with Gasteiger partial charge in [-0.25, -0.2) is 0 Å². The van der Waals surface area contributed by atoms with E-state index in [-0.39, 0.29) is 11.8 Å². The highest BCUT2D eigenvalue weighted by Crippen LogP contribution is 2.24. The molecule has 168 valence electrons. The smallest absolute Gasteiger partial charge is 0.229 e. The molecule has 2 aromatic carbocycles. The van der Waals surface area contributed by atoms with Gasteiger partial charge in [0.2, 0.25) is 11.7 Å². The van der Waals surface area contributed by atoms with Crippen LogP contribution in [0.5, 0.6) is 0 Å². The molecule has 0 aliphatic heterocycles. The molecule has 3 aromatic rings. The van der Waals surface area contributed by atoms with Crippen molar-refractivity contribution in [2.24, 2.45) is 11.1 Å². The first-order valence-electron chi connectivity index (χ1n) is 10.9. The first kappa shape index (κ1) is 23.8. The number of thioether (sulfide) groups is 1. The monoisotopic (exact) mass is 449 g/mol. The van der Waals surface area contributed by atoms with E-state index in [4.69, 9.17) is 9.36 Å². The maximum absolute atomic E-state index is 5.71. The lowest BCUT2D eigenvalue weighted by Gasteiger charge is -2.16. The van der Waals surface area contributed by atoms with E-state index in [9.17, 15) is 0 Å². The summed E-state index contributed by atoms with van der Waals surface area (Å²) in [5, 5.41) is 8.40. The summed E-state index contributed by atoms with van der Waals surface area (Å²) < 4.78 is 5.31. The van der Waals surface area contributed by atoms with Crippen LogP contribution in [0, 0.1) is 5.92 Å². The molecule has 1 aromatic heterocycles. The lowest BCUT2D eigenvalue weighted by Crippen LogP contribution is -2.08. The van der Waals surface area contributed by atoms with Gasteiger partial charge in [-0.05, 0) is 49.3 Å². The Morgan fingerprint density at radius 2 is 1.81 bits per heavy atom. The molecule has 0 N–H and O–H groups in total. The summed E-state index contributed by atoms with van der Waals surface area (Å²) in [6, 6.07) is 16.5. The molecular weight excluding hydrogens is 418 g/mol. The number of rotatable bonds is 10. The van der Waals surface area contributed by atoms with E-state index in [2.05, 4.69) is 71.5 Å². The Balaban J connectivity index is 1.61. The third-order valence-corrected chi connectivity index (χ3v) is 6.13. The van der Waals surface area contributed by atoms with Crippen molar-refractivity contribution >= 4 is 17.5 Å². The number of benzene rings is 2. The van der Waals surface area contributed by atoms with E-state index in [1.54, 1.807) is 11.8 Å². The summed E-state index contributed by atoms with van der Waals surface area (Å²) in [7, 11) is 0. The molecule has 32 heavy (non-hydrogen) atoms. The van der Waals surface area contributed by atoms with Gasteiger partial charge in [0, 0.05) is 22.3 Å². The molecule has 0 fully saturated rings. The van der Waals surface area contributed by atoms with Crippen molar-refractivity contribution in [1.82, 2.24) is 10.1 Å². The molecule has 0 aliphatic carbocycles. The van der Waals surface area contributed by atoms with E-state index in [0.717, 1.165) is 29.7 Å². The Morgan fingerprint density at radius 1 is 1.12 bits per heavy atom. The predicted molar refractivity (Wildman–Crippen MR) is 132 cm³/mol. The minimum atomic E-state index is 0.175. The van der Waals surface area contributed by atoms with Gasteiger partial charge >= 0.3 is 0 Å². The van der Waals surface area contributed by atoms with Crippen LogP contribution in [0.15, 0.2) is 75.4 Å². The van der Waals surface area contributed by atoms with E-state index in [0.29, 0.717) is 17.5 Å². The highest BCUT2D eigenvalue weighted by Gasteiger charge is 2.15. The first-order valence-corrected chi connectivity index (χ1v) is 12.1. The van der Waals surface area contributed by atoms with Crippen LogP contribution in [-0.2, 0) is 11.3 Å². The summed E-state index contributed by atoms with van der Waals surface area (Å²) >= 11 is 1.72. The molecule has 1 unspecified atom stereocenters. The van der Waals surface area contributed by atoms with Crippen LogP contribution in [0.1, 0.15) is 57.1 Å². The Labute approximate surface area is 195 Å². The summed E-state index contributed by atoms with van der Waals surface area (Å²) in [5.41, 5.74) is 4.02. The molecule has 0 radical (unpaired) electrons. The van der Waals surface area contributed by atoms with Crippen LogP contribution in [-0.4, -0.2) is 22.1 Å². The van der Waals surface area contributed by atoms with Crippen LogP contribution >= 0.6 is 11.8 Å². The number of oxime groups is 1. The molecule has 0 spiro atoms. The Hall–Kier alpha value is -2.86. The number of allylic oxidation sites excluding steroid dienone is 1. The van der Waals surface area contributed by atoms with Crippen molar-refractivity contribution in [2.75, 3.05) is 6.26 Å². The average Bonchev–Trinajstić information content (AvgIpc) is 3.32. The predicted octanol–water partition coefficient (Wildman–Crippen LogP) is 7.11. The zero-order valence-electron chi connectivity index (χ0n) is 19.5. The van der Waals surface area contributed by atoms with Crippen molar-refractivity contribution in [2.45, 2.75) is 51.3 Å². The Morgan fingerprint density at radius 3 is 2.38 bits per heavy atom. The quantitative estimate of drug-likeness (QED) is 0.143. The van der Waals surface area contributed by atoms with Crippen LogP contribution in [0.2, 0.25) is 0 Å². The zero-order valence-corrected chi connectivity index (χ0v) is 20.3. The number of hydrogen-bond donors (Lipinski definition) is 0. The van der Waals surface area contributed by atoms with Gasteiger partial charge in [-0.15, -0.1) is 11.8 Å². The molecule has 0 saturated carbocycles. The van der Waals surface area contributed by atoms with Gasteiger partial charge in [0.25, 0.3) is 0 Å². The highest BCUT2D eigenvalue weighted by molar-refractivity contribution is 7.98. The fourth-order valence-electron chi connectivity index (χ4n) is 3.23. The Kier molecular flexibility index (Phi) is 8.28. The third-order valence-electron chi connectivity index (χ3n) is 5.39. The summed E-state index contributed by atoms with van der Waals surface area (Å²) in [6.07, 6.45) is 3.81.